The van der Waals surface area contributed by atoms with Gasteiger partial charge in [-0.25, -0.2) is 4.98 Å². The Hall–Kier alpha value is -1.82. The highest BCUT2D eigenvalue weighted by atomic mass is 32.1. The summed E-state index contributed by atoms with van der Waals surface area (Å²) in [5.74, 6) is 1.31. The Labute approximate surface area is 103 Å². The summed E-state index contributed by atoms with van der Waals surface area (Å²) in [4.78, 5) is 19.6. The number of imidazole rings is 1. The number of aromatic nitrogens is 2. The Morgan fingerprint density at radius 3 is 3.06 bits per heavy atom. The molecule has 0 aliphatic carbocycles. The molecular formula is C11H13N3O2S. The molecule has 0 radical (unpaired) electrons. The van der Waals surface area contributed by atoms with Crippen LogP contribution in [0.25, 0.3) is 0 Å². The van der Waals surface area contributed by atoms with E-state index in [1.54, 1.807) is 30.9 Å². The van der Waals surface area contributed by atoms with Crippen molar-refractivity contribution in [2.45, 2.75) is 13.0 Å². The van der Waals surface area contributed by atoms with E-state index in [2.05, 4.69) is 15.3 Å². The number of rotatable bonds is 4. The number of methoxy groups -OCH3 is 1. The van der Waals surface area contributed by atoms with Crippen molar-refractivity contribution < 1.29 is 9.53 Å². The van der Waals surface area contributed by atoms with Gasteiger partial charge in [-0.2, -0.15) is 0 Å². The fourth-order valence-electron chi connectivity index (χ4n) is 1.40. The SMILES string of the molecule is COc1csc(C(=O)NC(C)c2ncc[nH]2)c1. The number of amides is 1. The van der Waals surface area contributed by atoms with Crippen molar-refractivity contribution >= 4 is 17.2 Å². The van der Waals surface area contributed by atoms with E-state index in [0.29, 0.717) is 10.6 Å². The summed E-state index contributed by atoms with van der Waals surface area (Å²) >= 11 is 1.35. The summed E-state index contributed by atoms with van der Waals surface area (Å²) in [6, 6.07) is 1.57. The molecule has 2 heterocycles. The van der Waals surface area contributed by atoms with E-state index >= 15 is 0 Å². The van der Waals surface area contributed by atoms with Crippen LogP contribution in [-0.4, -0.2) is 23.0 Å². The topological polar surface area (TPSA) is 67.0 Å². The summed E-state index contributed by atoms with van der Waals surface area (Å²) in [5.41, 5.74) is 0. The highest BCUT2D eigenvalue weighted by Crippen LogP contribution is 2.21. The van der Waals surface area contributed by atoms with Gasteiger partial charge in [0.25, 0.3) is 5.91 Å². The summed E-state index contributed by atoms with van der Waals surface area (Å²) < 4.78 is 5.03. The minimum Gasteiger partial charge on any atom is -0.496 e. The number of hydrogen-bond acceptors (Lipinski definition) is 4. The lowest BCUT2D eigenvalue weighted by atomic mass is 10.3. The van der Waals surface area contributed by atoms with Crippen molar-refractivity contribution in [3.8, 4) is 5.75 Å². The van der Waals surface area contributed by atoms with Crippen LogP contribution in [0.4, 0.5) is 0 Å². The van der Waals surface area contributed by atoms with E-state index in [4.69, 9.17) is 4.74 Å². The first-order valence-electron chi connectivity index (χ1n) is 5.13. The third-order valence-corrected chi connectivity index (χ3v) is 3.22. The second-order valence-corrected chi connectivity index (χ2v) is 4.43. The lowest BCUT2D eigenvalue weighted by Gasteiger charge is -2.09. The first-order chi connectivity index (χ1) is 8.20. The molecule has 2 aromatic heterocycles. The van der Waals surface area contributed by atoms with Gasteiger partial charge < -0.3 is 15.0 Å². The van der Waals surface area contributed by atoms with Crippen molar-refractivity contribution in [1.29, 1.82) is 0 Å². The normalized spacial score (nSPS) is 12.1. The number of ether oxygens (including phenoxy) is 1. The molecule has 6 heteroatoms. The Morgan fingerprint density at radius 2 is 2.47 bits per heavy atom. The van der Waals surface area contributed by atoms with Gasteiger partial charge in [-0.3, -0.25) is 4.79 Å². The van der Waals surface area contributed by atoms with Gasteiger partial charge in [-0.15, -0.1) is 11.3 Å². The highest BCUT2D eigenvalue weighted by Gasteiger charge is 2.14. The van der Waals surface area contributed by atoms with E-state index in [-0.39, 0.29) is 11.9 Å². The molecule has 0 saturated carbocycles. The number of hydrogen-bond donors (Lipinski definition) is 2. The van der Waals surface area contributed by atoms with Gasteiger partial charge in [0.1, 0.15) is 11.6 Å². The minimum atomic E-state index is -0.148. The number of thiophene rings is 1. The molecule has 2 N–H and O–H groups in total. The van der Waals surface area contributed by atoms with E-state index in [0.717, 1.165) is 5.82 Å². The number of nitrogens with one attached hydrogen (secondary N) is 2. The van der Waals surface area contributed by atoms with Crippen LogP contribution in [0.2, 0.25) is 0 Å². The van der Waals surface area contributed by atoms with Crippen LogP contribution < -0.4 is 10.1 Å². The standard InChI is InChI=1S/C11H13N3O2S/c1-7(10-12-3-4-13-10)14-11(15)9-5-8(16-2)6-17-9/h3-7H,1-2H3,(H,12,13)(H,14,15). The Morgan fingerprint density at radius 1 is 1.65 bits per heavy atom. The second kappa shape index (κ2) is 5.01. The maximum absolute atomic E-state index is 11.9. The monoisotopic (exact) mass is 251 g/mol. The van der Waals surface area contributed by atoms with E-state index < -0.39 is 0 Å². The van der Waals surface area contributed by atoms with E-state index in [9.17, 15) is 4.79 Å². The Balaban J connectivity index is 2.01. The molecule has 0 aromatic carbocycles. The van der Waals surface area contributed by atoms with Crippen molar-refractivity contribution in [3.05, 3.63) is 34.5 Å². The van der Waals surface area contributed by atoms with Gasteiger partial charge in [0.05, 0.1) is 18.0 Å². The van der Waals surface area contributed by atoms with Gasteiger partial charge in [0.2, 0.25) is 0 Å². The molecule has 0 bridgehead atoms. The van der Waals surface area contributed by atoms with E-state index in [1.165, 1.54) is 11.3 Å². The lowest BCUT2D eigenvalue weighted by Crippen LogP contribution is -2.26. The molecule has 0 aliphatic rings. The fourth-order valence-corrected chi connectivity index (χ4v) is 2.15. The third-order valence-electron chi connectivity index (χ3n) is 2.31. The number of carbonyl (C=O) groups is 1. The minimum absolute atomic E-state index is 0.123. The van der Waals surface area contributed by atoms with Gasteiger partial charge in [0, 0.05) is 23.8 Å². The van der Waals surface area contributed by atoms with Crippen LogP contribution in [0.3, 0.4) is 0 Å². The smallest absolute Gasteiger partial charge is 0.262 e. The molecule has 1 amide bonds. The van der Waals surface area contributed by atoms with Crippen LogP contribution >= 0.6 is 11.3 Å². The maximum Gasteiger partial charge on any atom is 0.262 e. The predicted octanol–water partition coefficient (Wildman–Crippen LogP) is 1.97. The first-order valence-corrected chi connectivity index (χ1v) is 6.01. The predicted molar refractivity (Wildman–Crippen MR) is 65.3 cm³/mol. The molecule has 0 aliphatic heterocycles. The first kappa shape index (κ1) is 11.7. The average Bonchev–Trinajstić information content (AvgIpc) is 3.00. The molecule has 90 valence electrons. The van der Waals surface area contributed by atoms with Crippen molar-refractivity contribution in [3.63, 3.8) is 0 Å². The molecule has 0 spiro atoms. The number of carbonyl (C=O) groups excluding carboxylic acids is 1. The van der Waals surface area contributed by atoms with Gasteiger partial charge >= 0.3 is 0 Å². The zero-order valence-electron chi connectivity index (χ0n) is 9.56. The van der Waals surface area contributed by atoms with Crippen molar-refractivity contribution in [2.24, 2.45) is 0 Å². The zero-order valence-corrected chi connectivity index (χ0v) is 10.4. The number of nitrogens with zero attached hydrogens (tertiary/aromatic N) is 1. The molecular weight excluding hydrogens is 238 g/mol. The molecule has 1 unspecified atom stereocenters. The van der Waals surface area contributed by atoms with Crippen LogP contribution in [0.5, 0.6) is 5.75 Å². The van der Waals surface area contributed by atoms with Gasteiger partial charge in [-0.05, 0) is 6.92 Å². The quantitative estimate of drug-likeness (QED) is 0.873. The van der Waals surface area contributed by atoms with Crippen LogP contribution in [0.15, 0.2) is 23.8 Å². The molecule has 5 nitrogen and oxygen atoms in total. The molecule has 1 atom stereocenters. The summed E-state index contributed by atoms with van der Waals surface area (Å²) in [6.07, 6.45) is 3.39. The lowest BCUT2D eigenvalue weighted by molar-refractivity contribution is 0.0942. The molecule has 2 rings (SSSR count). The van der Waals surface area contributed by atoms with Crippen LogP contribution in [-0.2, 0) is 0 Å². The number of aromatic amines is 1. The number of H-pyrrole nitrogens is 1. The van der Waals surface area contributed by atoms with Crippen molar-refractivity contribution in [1.82, 2.24) is 15.3 Å². The molecule has 0 saturated heterocycles. The molecule has 17 heavy (non-hydrogen) atoms. The third kappa shape index (κ3) is 2.65. The average molecular weight is 251 g/mol. The molecule has 0 fully saturated rings. The summed E-state index contributed by atoms with van der Waals surface area (Å²) in [7, 11) is 1.58. The van der Waals surface area contributed by atoms with Crippen molar-refractivity contribution in [2.75, 3.05) is 7.11 Å². The highest BCUT2D eigenvalue weighted by molar-refractivity contribution is 7.12. The van der Waals surface area contributed by atoms with Gasteiger partial charge in [-0.1, -0.05) is 0 Å². The van der Waals surface area contributed by atoms with Crippen LogP contribution in [0, 0.1) is 0 Å². The van der Waals surface area contributed by atoms with Gasteiger partial charge in [0.15, 0.2) is 0 Å². The maximum atomic E-state index is 11.9. The van der Waals surface area contributed by atoms with Crippen LogP contribution in [0.1, 0.15) is 28.5 Å². The summed E-state index contributed by atoms with van der Waals surface area (Å²) in [5, 5.41) is 4.66. The largest absolute Gasteiger partial charge is 0.496 e. The van der Waals surface area contributed by atoms with E-state index in [1.807, 2.05) is 6.92 Å². The Kier molecular flexibility index (Phi) is 3.43. The summed E-state index contributed by atoms with van der Waals surface area (Å²) in [6.45, 7) is 1.88. The Bertz CT molecular complexity index is 493. The zero-order chi connectivity index (χ0) is 12.3. The fraction of sp³-hybridized carbons (Fsp3) is 0.273. The molecule has 2 aromatic rings. The second-order valence-electron chi connectivity index (χ2n) is 3.52.